The molecular weight excluding hydrogens is 326 g/mol. The summed E-state index contributed by atoms with van der Waals surface area (Å²) < 4.78 is 0. The van der Waals surface area contributed by atoms with E-state index in [4.69, 9.17) is 0 Å². The van der Waals surface area contributed by atoms with Crippen molar-refractivity contribution in [1.29, 1.82) is 0 Å². The Morgan fingerprint density at radius 3 is 2.92 bits per heavy atom. The standard InChI is InChI=1S/C20H19N5O/c1-25(2)18-8-5-13-10-15(6-7-17(13)24-18)23-19(26)11-14-12-22-20-16(14)4-3-9-21-20/h3-10,12H,11H2,1-2H3,(H,21,22)(H,23,26). The lowest BCUT2D eigenvalue weighted by molar-refractivity contribution is -0.115. The number of anilines is 2. The van der Waals surface area contributed by atoms with Gasteiger partial charge in [-0.3, -0.25) is 4.79 Å². The molecule has 1 amide bonds. The zero-order chi connectivity index (χ0) is 18.1. The molecule has 0 aliphatic rings. The number of rotatable bonds is 4. The number of fused-ring (bicyclic) bond motifs is 2. The summed E-state index contributed by atoms with van der Waals surface area (Å²) in [6.07, 6.45) is 3.86. The number of benzene rings is 1. The Kier molecular flexibility index (Phi) is 4.01. The van der Waals surface area contributed by atoms with Crippen LogP contribution in [0.1, 0.15) is 5.56 Å². The number of nitrogens with one attached hydrogen (secondary N) is 2. The molecule has 0 aliphatic carbocycles. The van der Waals surface area contributed by atoms with Gasteiger partial charge in [-0.25, -0.2) is 9.97 Å². The van der Waals surface area contributed by atoms with Crippen molar-refractivity contribution in [1.82, 2.24) is 15.0 Å². The molecule has 4 rings (SSSR count). The number of H-pyrrole nitrogens is 1. The molecule has 0 unspecified atom stereocenters. The van der Waals surface area contributed by atoms with E-state index in [1.807, 2.05) is 67.7 Å². The first kappa shape index (κ1) is 16.1. The molecule has 3 heterocycles. The zero-order valence-corrected chi connectivity index (χ0v) is 14.7. The summed E-state index contributed by atoms with van der Waals surface area (Å²) in [5, 5.41) is 4.93. The Balaban J connectivity index is 1.53. The summed E-state index contributed by atoms with van der Waals surface area (Å²) in [5.41, 5.74) is 3.39. The first-order valence-corrected chi connectivity index (χ1v) is 8.39. The van der Waals surface area contributed by atoms with Crippen molar-refractivity contribution in [2.45, 2.75) is 6.42 Å². The van der Waals surface area contributed by atoms with Crippen LogP contribution in [0, 0.1) is 0 Å². The van der Waals surface area contributed by atoms with E-state index in [0.717, 1.165) is 39.0 Å². The van der Waals surface area contributed by atoms with Gasteiger partial charge in [-0.1, -0.05) is 0 Å². The van der Waals surface area contributed by atoms with Crippen LogP contribution in [0.25, 0.3) is 21.9 Å². The second-order valence-electron chi connectivity index (χ2n) is 6.41. The van der Waals surface area contributed by atoms with E-state index < -0.39 is 0 Å². The molecule has 3 aromatic heterocycles. The lowest BCUT2D eigenvalue weighted by Crippen LogP contribution is -2.14. The SMILES string of the molecule is CN(C)c1ccc2cc(NC(=O)Cc3c[nH]c4ncccc34)ccc2n1. The maximum Gasteiger partial charge on any atom is 0.228 e. The van der Waals surface area contributed by atoms with Gasteiger partial charge in [0.05, 0.1) is 11.9 Å². The Hall–Kier alpha value is -3.41. The molecule has 2 N–H and O–H groups in total. The van der Waals surface area contributed by atoms with Crippen LogP contribution in [0.4, 0.5) is 11.5 Å². The predicted molar refractivity (Wildman–Crippen MR) is 104 cm³/mol. The maximum absolute atomic E-state index is 12.4. The normalized spacial score (nSPS) is 11.0. The van der Waals surface area contributed by atoms with Gasteiger partial charge in [0, 0.05) is 42.9 Å². The first-order valence-electron chi connectivity index (χ1n) is 8.39. The van der Waals surface area contributed by atoms with Gasteiger partial charge < -0.3 is 15.2 Å². The number of aromatic amines is 1. The van der Waals surface area contributed by atoms with Crippen LogP contribution in [0.15, 0.2) is 54.9 Å². The highest BCUT2D eigenvalue weighted by Crippen LogP contribution is 2.21. The number of pyridine rings is 2. The van der Waals surface area contributed by atoms with Crippen molar-refractivity contribution < 1.29 is 4.79 Å². The number of carbonyl (C=O) groups is 1. The fraction of sp³-hybridized carbons (Fsp3) is 0.150. The molecule has 6 nitrogen and oxygen atoms in total. The molecule has 0 saturated carbocycles. The second kappa shape index (κ2) is 6.48. The van der Waals surface area contributed by atoms with Crippen molar-refractivity contribution in [2.75, 3.05) is 24.3 Å². The van der Waals surface area contributed by atoms with Crippen molar-refractivity contribution in [3.8, 4) is 0 Å². The number of amides is 1. The second-order valence-corrected chi connectivity index (χ2v) is 6.41. The van der Waals surface area contributed by atoms with E-state index >= 15 is 0 Å². The van der Waals surface area contributed by atoms with Gasteiger partial charge in [-0.2, -0.15) is 0 Å². The minimum absolute atomic E-state index is 0.0630. The summed E-state index contributed by atoms with van der Waals surface area (Å²) in [6, 6.07) is 13.6. The Morgan fingerprint density at radius 1 is 1.19 bits per heavy atom. The summed E-state index contributed by atoms with van der Waals surface area (Å²) in [4.78, 5) is 26.3. The Morgan fingerprint density at radius 2 is 2.08 bits per heavy atom. The van der Waals surface area contributed by atoms with Crippen LogP contribution < -0.4 is 10.2 Å². The molecule has 0 radical (unpaired) electrons. The average Bonchev–Trinajstić information content (AvgIpc) is 3.04. The van der Waals surface area contributed by atoms with Crippen molar-refractivity contribution in [3.05, 3.63) is 60.4 Å². The van der Waals surface area contributed by atoms with Crippen LogP contribution >= 0.6 is 0 Å². The Labute approximate surface area is 150 Å². The molecular formula is C20H19N5O. The van der Waals surface area contributed by atoms with Crippen molar-refractivity contribution >= 4 is 39.3 Å². The number of hydrogen-bond donors (Lipinski definition) is 2. The average molecular weight is 345 g/mol. The first-order chi connectivity index (χ1) is 12.6. The quantitative estimate of drug-likeness (QED) is 0.595. The largest absolute Gasteiger partial charge is 0.363 e. The minimum Gasteiger partial charge on any atom is -0.363 e. The number of nitrogens with zero attached hydrogens (tertiary/aromatic N) is 3. The van der Waals surface area contributed by atoms with E-state index in [-0.39, 0.29) is 5.91 Å². The van der Waals surface area contributed by atoms with Crippen LogP contribution in [-0.4, -0.2) is 35.0 Å². The van der Waals surface area contributed by atoms with E-state index in [9.17, 15) is 4.79 Å². The van der Waals surface area contributed by atoms with Crippen LogP contribution in [0.5, 0.6) is 0 Å². The molecule has 0 bridgehead atoms. The lowest BCUT2D eigenvalue weighted by atomic mass is 10.1. The fourth-order valence-electron chi connectivity index (χ4n) is 2.98. The number of hydrogen-bond acceptors (Lipinski definition) is 4. The molecule has 0 spiro atoms. The molecule has 4 aromatic rings. The summed E-state index contributed by atoms with van der Waals surface area (Å²) in [7, 11) is 3.92. The third-order valence-corrected chi connectivity index (χ3v) is 4.30. The van der Waals surface area contributed by atoms with Gasteiger partial charge in [0.1, 0.15) is 11.5 Å². The highest BCUT2D eigenvalue weighted by atomic mass is 16.1. The molecule has 130 valence electrons. The van der Waals surface area contributed by atoms with Gasteiger partial charge in [-0.15, -0.1) is 0 Å². The summed E-state index contributed by atoms with van der Waals surface area (Å²) in [5.74, 6) is 0.842. The van der Waals surface area contributed by atoms with Gasteiger partial charge >= 0.3 is 0 Å². The third-order valence-electron chi connectivity index (χ3n) is 4.30. The van der Waals surface area contributed by atoms with E-state index in [0.29, 0.717) is 6.42 Å². The third kappa shape index (κ3) is 3.09. The highest BCUT2D eigenvalue weighted by molar-refractivity contribution is 5.97. The van der Waals surface area contributed by atoms with E-state index in [2.05, 4.69) is 20.3 Å². The highest BCUT2D eigenvalue weighted by Gasteiger charge is 2.10. The smallest absolute Gasteiger partial charge is 0.228 e. The van der Waals surface area contributed by atoms with Crippen molar-refractivity contribution in [2.24, 2.45) is 0 Å². The van der Waals surface area contributed by atoms with Gasteiger partial charge in [0.2, 0.25) is 5.91 Å². The van der Waals surface area contributed by atoms with E-state index in [1.165, 1.54) is 0 Å². The van der Waals surface area contributed by atoms with Crippen molar-refractivity contribution in [3.63, 3.8) is 0 Å². The number of carbonyl (C=O) groups excluding carboxylic acids is 1. The molecule has 26 heavy (non-hydrogen) atoms. The summed E-state index contributed by atoms with van der Waals surface area (Å²) >= 11 is 0. The number of aromatic nitrogens is 3. The topological polar surface area (TPSA) is 73.9 Å². The molecule has 6 heteroatoms. The molecule has 0 aliphatic heterocycles. The van der Waals surface area contributed by atoms with Gasteiger partial charge in [-0.05, 0) is 48.0 Å². The van der Waals surface area contributed by atoms with E-state index in [1.54, 1.807) is 6.20 Å². The van der Waals surface area contributed by atoms with Gasteiger partial charge in [0.25, 0.3) is 0 Å². The maximum atomic E-state index is 12.4. The summed E-state index contributed by atoms with van der Waals surface area (Å²) in [6.45, 7) is 0. The molecule has 1 aromatic carbocycles. The predicted octanol–water partition coefficient (Wildman–Crippen LogP) is 3.36. The fourth-order valence-corrected chi connectivity index (χ4v) is 2.98. The lowest BCUT2D eigenvalue weighted by Gasteiger charge is -2.12. The van der Waals surface area contributed by atoms with Crippen LogP contribution in [0.3, 0.4) is 0 Å². The van der Waals surface area contributed by atoms with Crippen LogP contribution in [0.2, 0.25) is 0 Å². The Bertz CT molecular complexity index is 1100. The van der Waals surface area contributed by atoms with Crippen LogP contribution in [-0.2, 0) is 11.2 Å². The monoisotopic (exact) mass is 345 g/mol. The zero-order valence-electron chi connectivity index (χ0n) is 14.7. The van der Waals surface area contributed by atoms with Gasteiger partial charge in [0.15, 0.2) is 0 Å². The minimum atomic E-state index is -0.0630. The molecule has 0 atom stereocenters. The molecule has 0 fully saturated rings. The molecule has 0 saturated heterocycles.